The Bertz CT molecular complexity index is 162. The van der Waals surface area contributed by atoms with Crippen LogP contribution in [0.15, 0.2) is 0 Å². The molecule has 0 aliphatic carbocycles. The van der Waals surface area contributed by atoms with Gasteiger partial charge in [-0.3, -0.25) is 0 Å². The number of hydrogen-bond donors (Lipinski definition) is 0. The molecule has 14 heavy (non-hydrogen) atoms. The van der Waals surface area contributed by atoms with Crippen molar-refractivity contribution in [1.29, 1.82) is 0 Å². The van der Waals surface area contributed by atoms with Gasteiger partial charge < -0.3 is 18.9 Å². The van der Waals surface area contributed by atoms with Gasteiger partial charge in [-0.15, -0.1) is 0 Å². The lowest BCUT2D eigenvalue weighted by atomic mass is 10.0. The second kappa shape index (κ2) is 5.66. The fourth-order valence-corrected chi connectivity index (χ4v) is 1.63. The molecule has 1 fully saturated rings. The Morgan fingerprint density at radius 2 is 1.93 bits per heavy atom. The molecule has 0 amide bonds. The van der Waals surface area contributed by atoms with Crippen molar-refractivity contribution < 1.29 is 18.9 Å². The van der Waals surface area contributed by atoms with E-state index in [2.05, 4.69) is 6.61 Å². The maximum Gasteiger partial charge on any atom is 0.166 e. The zero-order valence-corrected chi connectivity index (χ0v) is 9.15. The second-order valence-electron chi connectivity index (χ2n) is 3.22. The van der Waals surface area contributed by atoms with Crippen LogP contribution in [0.2, 0.25) is 0 Å². The summed E-state index contributed by atoms with van der Waals surface area (Å²) in [5.41, 5.74) is 0. The van der Waals surface area contributed by atoms with Crippen molar-refractivity contribution in [3.05, 3.63) is 6.61 Å². The van der Waals surface area contributed by atoms with Crippen LogP contribution in [0.5, 0.6) is 0 Å². The molecule has 0 aromatic heterocycles. The van der Waals surface area contributed by atoms with Crippen molar-refractivity contribution in [2.75, 3.05) is 20.8 Å². The second-order valence-corrected chi connectivity index (χ2v) is 3.22. The summed E-state index contributed by atoms with van der Waals surface area (Å²) in [6.45, 7) is 7.29. The van der Waals surface area contributed by atoms with E-state index in [1.807, 2.05) is 13.8 Å². The summed E-state index contributed by atoms with van der Waals surface area (Å²) >= 11 is 0. The fraction of sp³-hybridized carbons (Fsp3) is 0.900. The van der Waals surface area contributed by atoms with E-state index >= 15 is 0 Å². The standard InChI is InChI=1S/C10H18O4/c1-5-13-10-8(11-3)6-14-7(2)9(10)12-4/h7-10H,5H2,1-4H3/t7-,8+,9-,10+/m0/s1. The first kappa shape index (κ1) is 11.9. The van der Waals surface area contributed by atoms with E-state index in [0.29, 0.717) is 6.61 Å². The van der Waals surface area contributed by atoms with Crippen molar-refractivity contribution in [3.63, 3.8) is 0 Å². The summed E-state index contributed by atoms with van der Waals surface area (Å²) in [7, 11) is 3.25. The lowest BCUT2D eigenvalue weighted by Gasteiger charge is -2.38. The highest BCUT2D eigenvalue weighted by Gasteiger charge is 2.40. The topological polar surface area (TPSA) is 36.9 Å². The highest BCUT2D eigenvalue weighted by molar-refractivity contribution is 4.93. The predicted molar refractivity (Wildman–Crippen MR) is 50.8 cm³/mol. The van der Waals surface area contributed by atoms with Gasteiger partial charge in [0.1, 0.15) is 18.3 Å². The van der Waals surface area contributed by atoms with E-state index in [1.54, 1.807) is 14.2 Å². The first-order valence-electron chi connectivity index (χ1n) is 4.83. The van der Waals surface area contributed by atoms with E-state index < -0.39 is 0 Å². The lowest BCUT2D eigenvalue weighted by Crippen LogP contribution is -2.52. The van der Waals surface area contributed by atoms with Gasteiger partial charge in [0.05, 0.1) is 6.10 Å². The molecule has 1 heterocycles. The SMILES string of the molecule is CCO[C@H]1[C@@H](OC)[C@H](C)O[C][C@H]1OC. The summed E-state index contributed by atoms with van der Waals surface area (Å²) in [5.74, 6) is 0. The molecule has 82 valence electrons. The van der Waals surface area contributed by atoms with Gasteiger partial charge in [-0.1, -0.05) is 0 Å². The van der Waals surface area contributed by atoms with E-state index in [-0.39, 0.29) is 24.4 Å². The third-order valence-corrected chi connectivity index (χ3v) is 2.34. The van der Waals surface area contributed by atoms with Gasteiger partial charge >= 0.3 is 0 Å². The molecule has 0 unspecified atom stereocenters. The highest BCUT2D eigenvalue weighted by Crippen LogP contribution is 2.24. The molecule has 4 atom stereocenters. The average molecular weight is 202 g/mol. The third-order valence-electron chi connectivity index (χ3n) is 2.34. The normalized spacial score (nSPS) is 38.6. The minimum atomic E-state index is -0.281. The van der Waals surface area contributed by atoms with E-state index in [4.69, 9.17) is 18.9 Å². The third kappa shape index (κ3) is 2.45. The minimum Gasteiger partial charge on any atom is -0.376 e. The van der Waals surface area contributed by atoms with Gasteiger partial charge in [0.25, 0.3) is 0 Å². The molecule has 0 aromatic carbocycles. The molecule has 1 aliphatic heterocycles. The van der Waals surface area contributed by atoms with Gasteiger partial charge in [-0.25, -0.2) is 0 Å². The maximum atomic E-state index is 5.57. The number of methoxy groups -OCH3 is 2. The van der Waals surface area contributed by atoms with Crippen LogP contribution in [0.3, 0.4) is 0 Å². The Kier molecular flexibility index (Phi) is 4.81. The summed E-state index contributed by atoms with van der Waals surface area (Å²) in [4.78, 5) is 0. The van der Waals surface area contributed by atoms with Crippen molar-refractivity contribution in [1.82, 2.24) is 0 Å². The Labute approximate surface area is 85.5 Å². The largest absolute Gasteiger partial charge is 0.376 e. The fourth-order valence-electron chi connectivity index (χ4n) is 1.63. The van der Waals surface area contributed by atoms with Crippen LogP contribution >= 0.6 is 0 Å². The zero-order valence-electron chi connectivity index (χ0n) is 9.15. The number of hydrogen-bond acceptors (Lipinski definition) is 4. The molecule has 0 saturated carbocycles. The number of rotatable bonds is 4. The summed E-state index contributed by atoms with van der Waals surface area (Å²) < 4.78 is 21.4. The molecule has 1 saturated heterocycles. The van der Waals surface area contributed by atoms with Crippen LogP contribution in [0.1, 0.15) is 13.8 Å². The van der Waals surface area contributed by atoms with Crippen LogP contribution in [-0.4, -0.2) is 45.2 Å². The van der Waals surface area contributed by atoms with E-state index in [9.17, 15) is 0 Å². The van der Waals surface area contributed by atoms with Crippen molar-refractivity contribution in [2.24, 2.45) is 0 Å². The van der Waals surface area contributed by atoms with E-state index in [1.165, 1.54) is 0 Å². The molecule has 0 N–H and O–H groups in total. The predicted octanol–water partition coefficient (Wildman–Crippen LogP) is 0.879. The maximum absolute atomic E-state index is 5.57. The van der Waals surface area contributed by atoms with Crippen molar-refractivity contribution >= 4 is 0 Å². The smallest absolute Gasteiger partial charge is 0.166 e. The van der Waals surface area contributed by atoms with Crippen LogP contribution in [0.4, 0.5) is 0 Å². The highest BCUT2D eigenvalue weighted by atomic mass is 16.6. The summed E-state index contributed by atoms with van der Waals surface area (Å²) in [5, 5.41) is 0. The molecule has 1 rings (SSSR count). The van der Waals surface area contributed by atoms with Gasteiger partial charge in [0.15, 0.2) is 6.61 Å². The number of ether oxygens (including phenoxy) is 4. The van der Waals surface area contributed by atoms with Crippen LogP contribution < -0.4 is 0 Å². The van der Waals surface area contributed by atoms with Crippen LogP contribution in [0.25, 0.3) is 0 Å². The Morgan fingerprint density at radius 1 is 1.21 bits per heavy atom. The molecular formula is C10H18O4. The minimum absolute atomic E-state index is 0.0528. The van der Waals surface area contributed by atoms with Gasteiger partial charge in [0, 0.05) is 20.8 Å². The first-order valence-corrected chi connectivity index (χ1v) is 4.83. The van der Waals surface area contributed by atoms with Gasteiger partial charge in [0.2, 0.25) is 0 Å². The lowest BCUT2D eigenvalue weighted by molar-refractivity contribution is -0.191. The zero-order chi connectivity index (χ0) is 10.6. The molecule has 0 bridgehead atoms. The van der Waals surface area contributed by atoms with Crippen molar-refractivity contribution in [2.45, 2.75) is 38.3 Å². The quantitative estimate of drug-likeness (QED) is 0.678. The molecule has 2 radical (unpaired) electrons. The molecule has 0 spiro atoms. The Morgan fingerprint density at radius 3 is 2.43 bits per heavy atom. The summed E-state index contributed by atoms with van der Waals surface area (Å²) in [6.07, 6.45) is -0.584. The van der Waals surface area contributed by atoms with Crippen LogP contribution in [-0.2, 0) is 18.9 Å². The Balaban J connectivity index is 2.64. The molecule has 4 heteroatoms. The van der Waals surface area contributed by atoms with Gasteiger partial charge in [-0.2, -0.15) is 0 Å². The first-order chi connectivity index (χ1) is 6.74. The molecular weight excluding hydrogens is 184 g/mol. The molecule has 0 aromatic rings. The van der Waals surface area contributed by atoms with Crippen LogP contribution in [0, 0.1) is 6.61 Å². The Hall–Kier alpha value is -0.160. The molecule has 4 nitrogen and oxygen atoms in total. The summed E-state index contributed by atoms with van der Waals surface area (Å²) in [6, 6.07) is 0. The molecule has 1 aliphatic rings. The van der Waals surface area contributed by atoms with Crippen molar-refractivity contribution in [3.8, 4) is 0 Å². The van der Waals surface area contributed by atoms with Gasteiger partial charge in [-0.05, 0) is 13.8 Å². The van der Waals surface area contributed by atoms with E-state index in [0.717, 1.165) is 0 Å². The average Bonchev–Trinajstić information content (AvgIpc) is 2.19. The monoisotopic (exact) mass is 202 g/mol.